The number of benzene rings is 1. The number of carboxylic acid groups (broad SMARTS) is 1. The molecule has 0 saturated carbocycles. The van der Waals surface area contributed by atoms with Crippen LogP contribution < -0.4 is 10.1 Å². The highest BCUT2D eigenvalue weighted by Crippen LogP contribution is 2.19. The monoisotopic (exact) mass is 421 g/mol. The zero-order chi connectivity index (χ0) is 19.8. The molecular formula is C18H26ClF2N3O4. The Bertz CT molecular complexity index is 626. The number of carbonyl (C=O) groups excluding carboxylic acids is 1. The van der Waals surface area contributed by atoms with E-state index in [-0.39, 0.29) is 43.2 Å². The number of nitrogens with one attached hydrogen (secondary N) is 1. The minimum atomic E-state index is -2.88. The highest BCUT2D eigenvalue weighted by Gasteiger charge is 2.25. The Kier molecular flexibility index (Phi) is 10.1. The first-order valence-electron chi connectivity index (χ1n) is 8.90. The number of piperidine rings is 1. The van der Waals surface area contributed by atoms with Crippen molar-refractivity contribution in [1.29, 1.82) is 0 Å². The van der Waals surface area contributed by atoms with Gasteiger partial charge in [-0.25, -0.2) is 0 Å². The number of alkyl halides is 2. The normalized spacial score (nSPS) is 15.3. The van der Waals surface area contributed by atoms with Crippen LogP contribution >= 0.6 is 12.4 Å². The largest absolute Gasteiger partial charge is 0.480 e. The van der Waals surface area contributed by atoms with E-state index in [9.17, 15) is 18.4 Å². The summed E-state index contributed by atoms with van der Waals surface area (Å²) in [5.74, 6) is -0.982. The lowest BCUT2D eigenvalue weighted by Crippen LogP contribution is -2.48. The Morgan fingerprint density at radius 2 is 1.89 bits per heavy atom. The molecule has 0 spiro atoms. The van der Waals surface area contributed by atoms with Crippen LogP contribution in [0.3, 0.4) is 0 Å². The number of aliphatic carboxylic acids is 1. The molecule has 0 aromatic heterocycles. The molecule has 1 heterocycles. The van der Waals surface area contributed by atoms with Crippen molar-refractivity contribution in [3.63, 3.8) is 0 Å². The standard InChI is InChI=1S/C18H25F2N3O4.ClH/c1-2-23(12-17(25)26)14-7-9-22(10-8-14)11-16(24)21-13-3-5-15(6-4-13)27-18(19)20;/h3-6,14,18H,2,7-12H2,1H3,(H,21,24)(H,25,26);1H. The van der Waals surface area contributed by atoms with E-state index in [0.717, 1.165) is 25.9 Å². The molecule has 2 rings (SSSR count). The molecule has 1 aliphatic rings. The molecule has 28 heavy (non-hydrogen) atoms. The number of amides is 1. The summed E-state index contributed by atoms with van der Waals surface area (Å²) < 4.78 is 28.5. The van der Waals surface area contributed by atoms with Gasteiger partial charge in [0.05, 0.1) is 13.1 Å². The Balaban J connectivity index is 0.00000392. The molecule has 158 valence electrons. The van der Waals surface area contributed by atoms with Gasteiger partial charge in [0.1, 0.15) is 5.75 Å². The molecule has 1 aliphatic heterocycles. The zero-order valence-electron chi connectivity index (χ0n) is 15.6. The van der Waals surface area contributed by atoms with E-state index in [1.165, 1.54) is 24.3 Å². The van der Waals surface area contributed by atoms with E-state index in [2.05, 4.69) is 10.1 Å². The zero-order valence-corrected chi connectivity index (χ0v) is 16.5. The van der Waals surface area contributed by atoms with Crippen LogP contribution in [-0.2, 0) is 9.59 Å². The van der Waals surface area contributed by atoms with Crippen LogP contribution in [0, 0.1) is 0 Å². The Labute approximate surface area is 169 Å². The van der Waals surface area contributed by atoms with Crippen molar-refractivity contribution in [3.05, 3.63) is 24.3 Å². The average molecular weight is 422 g/mol. The lowest BCUT2D eigenvalue weighted by atomic mass is 10.0. The van der Waals surface area contributed by atoms with Crippen molar-refractivity contribution in [3.8, 4) is 5.75 Å². The molecule has 10 heteroatoms. The third-order valence-corrected chi connectivity index (χ3v) is 4.55. The van der Waals surface area contributed by atoms with E-state index >= 15 is 0 Å². The summed E-state index contributed by atoms with van der Waals surface area (Å²) in [4.78, 5) is 27.1. The first kappa shape index (κ1) is 24.1. The molecule has 7 nitrogen and oxygen atoms in total. The SMILES string of the molecule is CCN(CC(=O)O)C1CCN(CC(=O)Nc2ccc(OC(F)F)cc2)CC1.Cl. The minimum absolute atomic E-state index is 0. The van der Waals surface area contributed by atoms with Crippen LogP contribution in [-0.4, -0.2) is 72.2 Å². The molecule has 0 aliphatic carbocycles. The number of likely N-dealkylation sites (N-methyl/N-ethyl adjacent to an activating group) is 1. The summed E-state index contributed by atoms with van der Waals surface area (Å²) in [6.45, 7) is 1.45. The Morgan fingerprint density at radius 1 is 1.29 bits per heavy atom. The van der Waals surface area contributed by atoms with Gasteiger partial charge in [-0.1, -0.05) is 6.92 Å². The van der Waals surface area contributed by atoms with Crippen molar-refractivity contribution < 1.29 is 28.2 Å². The van der Waals surface area contributed by atoms with Crippen LogP contribution in [0.15, 0.2) is 24.3 Å². The van der Waals surface area contributed by atoms with Gasteiger partial charge in [0, 0.05) is 24.8 Å². The van der Waals surface area contributed by atoms with Crippen LogP contribution in [0.25, 0.3) is 0 Å². The molecule has 1 aromatic rings. The molecule has 2 N–H and O–H groups in total. The number of likely N-dealkylation sites (tertiary alicyclic amines) is 1. The number of anilines is 1. The number of hydrogen-bond acceptors (Lipinski definition) is 5. The summed E-state index contributed by atoms with van der Waals surface area (Å²) in [5.41, 5.74) is 0.509. The Morgan fingerprint density at radius 3 is 2.39 bits per heavy atom. The predicted octanol–water partition coefficient (Wildman–Crippen LogP) is 2.52. The first-order chi connectivity index (χ1) is 12.9. The van der Waals surface area contributed by atoms with Gasteiger partial charge in [-0.3, -0.25) is 19.4 Å². The minimum Gasteiger partial charge on any atom is -0.480 e. The fourth-order valence-corrected chi connectivity index (χ4v) is 3.24. The lowest BCUT2D eigenvalue weighted by Gasteiger charge is -2.37. The van der Waals surface area contributed by atoms with Crippen LogP contribution in [0.2, 0.25) is 0 Å². The van der Waals surface area contributed by atoms with Gasteiger partial charge in [-0.15, -0.1) is 12.4 Å². The third kappa shape index (κ3) is 7.95. The molecular weight excluding hydrogens is 396 g/mol. The summed E-state index contributed by atoms with van der Waals surface area (Å²) >= 11 is 0. The highest BCUT2D eigenvalue weighted by atomic mass is 35.5. The predicted molar refractivity (Wildman–Crippen MR) is 103 cm³/mol. The van der Waals surface area contributed by atoms with E-state index in [1.54, 1.807) is 0 Å². The molecule has 1 saturated heterocycles. The fraction of sp³-hybridized carbons (Fsp3) is 0.556. The van der Waals surface area contributed by atoms with E-state index in [4.69, 9.17) is 5.11 Å². The van der Waals surface area contributed by atoms with Gasteiger partial charge in [0.2, 0.25) is 5.91 Å². The second-order valence-corrected chi connectivity index (χ2v) is 6.42. The van der Waals surface area contributed by atoms with Gasteiger partial charge in [0.15, 0.2) is 0 Å². The number of rotatable bonds is 9. The molecule has 1 fully saturated rings. The highest BCUT2D eigenvalue weighted by molar-refractivity contribution is 5.92. The van der Waals surface area contributed by atoms with Gasteiger partial charge < -0.3 is 15.2 Å². The number of ether oxygens (including phenoxy) is 1. The van der Waals surface area contributed by atoms with E-state index in [0.29, 0.717) is 12.2 Å². The number of carboxylic acids is 1. The molecule has 0 bridgehead atoms. The first-order valence-corrected chi connectivity index (χ1v) is 8.90. The molecule has 0 atom stereocenters. The van der Waals surface area contributed by atoms with Gasteiger partial charge in [0.25, 0.3) is 0 Å². The number of halogens is 3. The fourth-order valence-electron chi connectivity index (χ4n) is 3.24. The van der Waals surface area contributed by atoms with Crippen LogP contribution in [0.5, 0.6) is 5.75 Å². The van der Waals surface area contributed by atoms with E-state index < -0.39 is 12.6 Å². The maximum atomic E-state index is 12.2. The second kappa shape index (κ2) is 11.8. The Hall–Kier alpha value is -1.97. The third-order valence-electron chi connectivity index (χ3n) is 4.55. The van der Waals surface area contributed by atoms with Crippen molar-refractivity contribution >= 4 is 30.0 Å². The molecule has 1 aromatic carbocycles. The van der Waals surface area contributed by atoms with Crippen molar-refractivity contribution in [2.24, 2.45) is 0 Å². The summed E-state index contributed by atoms with van der Waals surface area (Å²) in [6, 6.07) is 5.97. The van der Waals surface area contributed by atoms with Crippen molar-refractivity contribution in [2.75, 3.05) is 38.0 Å². The smallest absolute Gasteiger partial charge is 0.387 e. The number of carbonyl (C=O) groups is 2. The van der Waals surface area contributed by atoms with Gasteiger partial charge in [-0.05, 0) is 43.7 Å². The average Bonchev–Trinajstić information content (AvgIpc) is 2.61. The van der Waals surface area contributed by atoms with Gasteiger partial charge in [-0.2, -0.15) is 8.78 Å². The molecule has 0 radical (unpaired) electrons. The summed E-state index contributed by atoms with van der Waals surface area (Å²) in [6.07, 6.45) is 1.63. The quantitative estimate of drug-likeness (QED) is 0.637. The second-order valence-electron chi connectivity index (χ2n) is 6.42. The lowest BCUT2D eigenvalue weighted by molar-refractivity contribution is -0.139. The number of nitrogens with zero attached hydrogens (tertiary/aromatic N) is 2. The molecule has 1 amide bonds. The van der Waals surface area contributed by atoms with Gasteiger partial charge >= 0.3 is 12.6 Å². The van der Waals surface area contributed by atoms with Crippen LogP contribution in [0.4, 0.5) is 14.5 Å². The summed E-state index contributed by atoms with van der Waals surface area (Å²) in [5, 5.41) is 11.7. The van der Waals surface area contributed by atoms with Crippen molar-refractivity contribution in [1.82, 2.24) is 9.80 Å². The molecule has 0 unspecified atom stereocenters. The topological polar surface area (TPSA) is 82.1 Å². The number of hydrogen-bond donors (Lipinski definition) is 2. The maximum Gasteiger partial charge on any atom is 0.387 e. The summed E-state index contributed by atoms with van der Waals surface area (Å²) in [7, 11) is 0. The van der Waals surface area contributed by atoms with E-state index in [1.807, 2.05) is 16.7 Å². The maximum absolute atomic E-state index is 12.2. The van der Waals surface area contributed by atoms with Crippen molar-refractivity contribution in [2.45, 2.75) is 32.4 Å². The van der Waals surface area contributed by atoms with Crippen LogP contribution in [0.1, 0.15) is 19.8 Å².